The van der Waals surface area contributed by atoms with Crippen LogP contribution in [0.3, 0.4) is 0 Å². The van der Waals surface area contributed by atoms with E-state index < -0.39 is 0 Å². The Kier molecular flexibility index (Phi) is 3.03. The smallest absolute Gasteiger partial charge is 0.118 e. The van der Waals surface area contributed by atoms with Gasteiger partial charge in [-0.05, 0) is 35.7 Å². The van der Waals surface area contributed by atoms with Gasteiger partial charge in [-0.3, -0.25) is 0 Å². The molecule has 0 atom stereocenters. The lowest BCUT2D eigenvalue weighted by Crippen LogP contribution is -2.20. The maximum Gasteiger partial charge on any atom is 0.118 e. The molecule has 1 aliphatic rings. The molecule has 0 fully saturated rings. The third kappa shape index (κ3) is 2.24. The number of anilines is 2. The lowest BCUT2D eigenvalue weighted by atomic mass is 10.1. The summed E-state index contributed by atoms with van der Waals surface area (Å²) in [6.45, 7) is 1.93. The maximum absolute atomic E-state index is 6.10. The van der Waals surface area contributed by atoms with Gasteiger partial charge >= 0.3 is 0 Å². The normalized spacial score (nSPS) is 13.4. The van der Waals surface area contributed by atoms with Gasteiger partial charge in [0.2, 0.25) is 0 Å². The van der Waals surface area contributed by atoms with Crippen LogP contribution in [0, 0.1) is 0 Å². The predicted octanol–water partition coefficient (Wildman–Crippen LogP) is 2.84. The van der Waals surface area contributed by atoms with E-state index in [-0.39, 0.29) is 0 Å². The largest absolute Gasteiger partial charge is 0.497 e. The first kappa shape index (κ1) is 11.9. The molecule has 0 unspecified atom stereocenters. The van der Waals surface area contributed by atoms with Crippen molar-refractivity contribution >= 4 is 11.4 Å². The minimum Gasteiger partial charge on any atom is -0.497 e. The van der Waals surface area contributed by atoms with Crippen molar-refractivity contribution in [3.8, 4) is 5.75 Å². The number of fused-ring (bicyclic) bond motifs is 1. The van der Waals surface area contributed by atoms with E-state index in [1.54, 1.807) is 7.11 Å². The molecular weight excluding hydrogens is 236 g/mol. The van der Waals surface area contributed by atoms with Crippen molar-refractivity contribution in [2.24, 2.45) is 0 Å². The van der Waals surface area contributed by atoms with Crippen molar-refractivity contribution in [2.45, 2.75) is 13.0 Å². The van der Waals surface area contributed by atoms with E-state index in [9.17, 15) is 0 Å². The van der Waals surface area contributed by atoms with Crippen molar-refractivity contribution < 1.29 is 4.74 Å². The summed E-state index contributed by atoms with van der Waals surface area (Å²) in [4.78, 5) is 2.35. The second kappa shape index (κ2) is 4.84. The van der Waals surface area contributed by atoms with Crippen LogP contribution < -0.4 is 15.4 Å². The number of nitrogens with two attached hydrogens (primary N) is 1. The molecule has 2 aromatic rings. The van der Waals surface area contributed by atoms with Crippen LogP contribution in [0.15, 0.2) is 42.5 Å². The number of hydrogen-bond donors (Lipinski definition) is 1. The third-order valence-electron chi connectivity index (χ3n) is 3.65. The monoisotopic (exact) mass is 254 g/mol. The number of ether oxygens (including phenoxy) is 1. The zero-order valence-corrected chi connectivity index (χ0v) is 11.1. The second-order valence-corrected chi connectivity index (χ2v) is 4.87. The Morgan fingerprint density at radius 3 is 2.68 bits per heavy atom. The van der Waals surface area contributed by atoms with Crippen molar-refractivity contribution in [3.05, 3.63) is 53.6 Å². The second-order valence-electron chi connectivity index (χ2n) is 4.87. The zero-order chi connectivity index (χ0) is 13.2. The first-order valence-electron chi connectivity index (χ1n) is 6.53. The van der Waals surface area contributed by atoms with Crippen LogP contribution in [-0.4, -0.2) is 13.7 Å². The molecule has 3 nitrogen and oxygen atoms in total. The molecule has 0 radical (unpaired) electrons. The van der Waals surface area contributed by atoms with Crippen molar-refractivity contribution in [3.63, 3.8) is 0 Å². The fourth-order valence-electron chi connectivity index (χ4n) is 2.68. The number of benzene rings is 2. The lowest BCUT2D eigenvalue weighted by molar-refractivity contribution is 0.414. The highest BCUT2D eigenvalue weighted by Gasteiger charge is 2.21. The summed E-state index contributed by atoms with van der Waals surface area (Å²) in [7, 11) is 1.69. The molecule has 0 saturated carbocycles. The summed E-state index contributed by atoms with van der Waals surface area (Å²) >= 11 is 0. The fraction of sp³-hybridized carbons (Fsp3) is 0.250. The average molecular weight is 254 g/mol. The molecule has 3 rings (SSSR count). The highest BCUT2D eigenvalue weighted by Crippen LogP contribution is 2.34. The minimum atomic E-state index is 0.878. The van der Waals surface area contributed by atoms with Crippen LogP contribution in [0.2, 0.25) is 0 Å². The third-order valence-corrected chi connectivity index (χ3v) is 3.65. The van der Waals surface area contributed by atoms with Gasteiger partial charge in [-0.25, -0.2) is 0 Å². The fourth-order valence-corrected chi connectivity index (χ4v) is 2.68. The number of hydrogen-bond acceptors (Lipinski definition) is 3. The predicted molar refractivity (Wildman–Crippen MR) is 78.6 cm³/mol. The number of rotatable bonds is 3. The van der Waals surface area contributed by atoms with Gasteiger partial charge in [0.15, 0.2) is 0 Å². The average Bonchev–Trinajstić information content (AvgIpc) is 2.84. The van der Waals surface area contributed by atoms with E-state index in [0.29, 0.717) is 0 Å². The molecule has 2 aromatic carbocycles. The summed E-state index contributed by atoms with van der Waals surface area (Å²) in [5.41, 5.74) is 10.8. The van der Waals surface area contributed by atoms with Crippen LogP contribution >= 0.6 is 0 Å². The number of nitrogen functional groups attached to an aromatic ring is 1. The summed E-state index contributed by atoms with van der Waals surface area (Å²) in [5, 5.41) is 0. The molecular formula is C16H18N2O. The standard InChI is InChI=1S/C16H18N2O/c1-19-14-7-5-12(6-8-14)11-18-10-9-13-3-2-4-15(17)16(13)18/h2-8H,9-11,17H2,1H3. The van der Waals surface area contributed by atoms with E-state index in [2.05, 4.69) is 23.1 Å². The van der Waals surface area contributed by atoms with Gasteiger partial charge in [0.05, 0.1) is 18.5 Å². The Bertz CT molecular complexity index is 578. The SMILES string of the molecule is COc1ccc(CN2CCc3cccc(N)c32)cc1. The molecule has 0 aliphatic carbocycles. The number of para-hydroxylation sites is 1. The van der Waals surface area contributed by atoms with Gasteiger partial charge in [-0.2, -0.15) is 0 Å². The van der Waals surface area contributed by atoms with Crippen LogP contribution in [-0.2, 0) is 13.0 Å². The van der Waals surface area contributed by atoms with Gasteiger partial charge in [-0.15, -0.1) is 0 Å². The van der Waals surface area contributed by atoms with Crippen molar-refractivity contribution in [1.29, 1.82) is 0 Å². The van der Waals surface area contributed by atoms with Gasteiger partial charge in [0.1, 0.15) is 5.75 Å². The Morgan fingerprint density at radius 1 is 1.16 bits per heavy atom. The zero-order valence-electron chi connectivity index (χ0n) is 11.1. The molecule has 1 aliphatic heterocycles. The van der Waals surface area contributed by atoms with E-state index >= 15 is 0 Å². The molecule has 0 spiro atoms. The van der Waals surface area contributed by atoms with E-state index in [1.165, 1.54) is 16.8 Å². The Hall–Kier alpha value is -2.16. The summed E-state index contributed by atoms with van der Waals surface area (Å²) in [6.07, 6.45) is 1.08. The highest BCUT2D eigenvalue weighted by atomic mass is 16.5. The summed E-state index contributed by atoms with van der Waals surface area (Å²) in [6, 6.07) is 14.4. The van der Waals surface area contributed by atoms with E-state index in [0.717, 1.165) is 30.9 Å². The first-order chi connectivity index (χ1) is 9.28. The molecule has 1 heterocycles. The number of nitrogens with zero attached hydrogens (tertiary/aromatic N) is 1. The molecule has 98 valence electrons. The molecule has 19 heavy (non-hydrogen) atoms. The quantitative estimate of drug-likeness (QED) is 0.856. The maximum atomic E-state index is 6.10. The highest BCUT2D eigenvalue weighted by molar-refractivity contribution is 5.74. The molecule has 3 heteroatoms. The van der Waals surface area contributed by atoms with Gasteiger partial charge in [-0.1, -0.05) is 24.3 Å². The topological polar surface area (TPSA) is 38.5 Å². The van der Waals surface area contributed by atoms with Crippen LogP contribution in [0.5, 0.6) is 5.75 Å². The van der Waals surface area contributed by atoms with Crippen LogP contribution in [0.1, 0.15) is 11.1 Å². The molecule has 0 aromatic heterocycles. The van der Waals surface area contributed by atoms with Gasteiger partial charge in [0.25, 0.3) is 0 Å². The van der Waals surface area contributed by atoms with Gasteiger partial charge < -0.3 is 15.4 Å². The minimum absolute atomic E-state index is 0.878. The molecule has 2 N–H and O–H groups in total. The number of methoxy groups -OCH3 is 1. The molecule has 0 amide bonds. The Morgan fingerprint density at radius 2 is 1.95 bits per heavy atom. The van der Waals surface area contributed by atoms with Crippen molar-refractivity contribution in [1.82, 2.24) is 0 Å². The molecule has 0 saturated heterocycles. The van der Waals surface area contributed by atoms with Crippen molar-refractivity contribution in [2.75, 3.05) is 24.3 Å². The summed E-state index contributed by atoms with van der Waals surface area (Å²) < 4.78 is 5.18. The van der Waals surface area contributed by atoms with E-state index in [1.807, 2.05) is 24.3 Å². The summed E-state index contributed by atoms with van der Waals surface area (Å²) in [5.74, 6) is 0.894. The Balaban J connectivity index is 1.82. The van der Waals surface area contributed by atoms with E-state index in [4.69, 9.17) is 10.5 Å². The molecule has 0 bridgehead atoms. The first-order valence-corrected chi connectivity index (χ1v) is 6.53. The Labute approximate surface area is 113 Å². The van der Waals surface area contributed by atoms with Crippen LogP contribution in [0.4, 0.5) is 11.4 Å². The lowest BCUT2D eigenvalue weighted by Gasteiger charge is -2.21. The van der Waals surface area contributed by atoms with Gasteiger partial charge in [0, 0.05) is 13.1 Å². The van der Waals surface area contributed by atoms with Crippen LogP contribution in [0.25, 0.3) is 0 Å².